The first-order valence-corrected chi connectivity index (χ1v) is 53.6. The van der Waals surface area contributed by atoms with Gasteiger partial charge in [0.2, 0.25) is 5.95 Å². The summed E-state index contributed by atoms with van der Waals surface area (Å²) in [5, 5.41) is 0. The molecule has 10 aromatic heterocycles. The van der Waals surface area contributed by atoms with Gasteiger partial charge in [-0.2, -0.15) is 4.98 Å². The fourth-order valence-corrected chi connectivity index (χ4v) is 23.4. The fraction of sp³-hybridized carbons (Fsp3) is 0.548. The summed E-state index contributed by atoms with van der Waals surface area (Å²) in [5.41, 5.74) is 22.4. The second-order valence-electron chi connectivity index (χ2n) is 29.4. The van der Waals surface area contributed by atoms with Crippen LogP contribution >= 0.6 is 40.3 Å². The predicted octanol–water partition coefficient (Wildman–Crippen LogP) is 1.16. The van der Waals surface area contributed by atoms with Crippen LogP contribution in [-0.4, -0.2) is 240 Å². The van der Waals surface area contributed by atoms with Crippen LogP contribution in [0.4, 0.5) is 23.4 Å². The molecule has 16 rings (SSSR count). The number of aryl methyl sites for hydroxylation is 2. The van der Waals surface area contributed by atoms with Gasteiger partial charge in [-0.3, -0.25) is 56.7 Å². The van der Waals surface area contributed by atoms with Gasteiger partial charge >= 0.3 is 51.7 Å². The molecular formula is C62H80N24O29P6S6. The Balaban J connectivity index is 0.614. The van der Waals surface area contributed by atoms with E-state index < -0.39 is 212 Å². The van der Waals surface area contributed by atoms with Crippen molar-refractivity contribution in [2.24, 2.45) is 0 Å². The topological polar surface area (TPSA) is 696 Å². The van der Waals surface area contributed by atoms with E-state index in [1.54, 1.807) is 6.92 Å². The van der Waals surface area contributed by atoms with Gasteiger partial charge in [-0.15, -0.1) is 0 Å². The number of hydrogen-bond acceptors (Lipinski definition) is 44. The average Bonchev–Trinajstić information content (AvgIpc) is 1.63. The lowest BCUT2D eigenvalue weighted by Gasteiger charge is -2.28. The highest BCUT2D eigenvalue weighted by Gasteiger charge is 2.51. The molecule has 0 aliphatic carbocycles. The number of rotatable bonds is 35. The van der Waals surface area contributed by atoms with Gasteiger partial charge in [-0.25, -0.2) is 59.4 Å². The van der Waals surface area contributed by atoms with Gasteiger partial charge < -0.3 is 135 Å². The van der Waals surface area contributed by atoms with E-state index in [1.165, 1.54) is 93.4 Å². The molecule has 16 heterocycles. The maximum Gasteiger partial charge on any atom is 0.330 e. The summed E-state index contributed by atoms with van der Waals surface area (Å²) < 4.78 is 119. The normalized spacial score (nSPS) is 29.3. The number of nitrogens with zero attached hydrogens (tertiary/aromatic N) is 17. The summed E-state index contributed by atoms with van der Waals surface area (Å²) in [4.78, 5) is 189. The molecular weight excluding hydrogens is 1920 g/mol. The number of aromatic nitrogens is 20. The van der Waals surface area contributed by atoms with Gasteiger partial charge in [0.25, 0.3) is 16.7 Å². The Hall–Kier alpha value is -6.50. The van der Waals surface area contributed by atoms with Crippen LogP contribution < -0.4 is 51.0 Å². The van der Waals surface area contributed by atoms with Crippen LogP contribution in [0.2, 0.25) is 0 Å². The van der Waals surface area contributed by atoms with Gasteiger partial charge in [-0.05, 0) is 91.1 Å². The third kappa shape index (κ3) is 21.0. The smallest absolute Gasteiger partial charge is 0.330 e. The number of nitrogen functional groups attached to an aromatic ring is 4. The molecule has 12 unspecified atom stereocenters. The molecule has 24 atom stereocenters. The van der Waals surface area contributed by atoms with Crippen molar-refractivity contribution < 1.29 is 112 Å². The average molecular weight is 2000 g/mol. The molecule has 0 bridgehead atoms. The number of ether oxygens (including phenoxy) is 6. The van der Waals surface area contributed by atoms with Crippen LogP contribution in [0.5, 0.6) is 0 Å². The molecule has 0 aromatic carbocycles. The van der Waals surface area contributed by atoms with E-state index in [2.05, 4.69) is 69.8 Å². The monoisotopic (exact) mass is 2000 g/mol. The van der Waals surface area contributed by atoms with Gasteiger partial charge in [0.05, 0.1) is 101 Å². The number of aromatic amines is 3. The van der Waals surface area contributed by atoms with Gasteiger partial charge in [0.15, 0.2) is 45.6 Å². The number of hydrogen-bond donors (Lipinski definition) is 13. The highest BCUT2D eigenvalue weighted by molar-refractivity contribution is 8.08. The summed E-state index contributed by atoms with van der Waals surface area (Å²) in [7, 11) is 1.13. The minimum absolute atomic E-state index is 0.0131. The van der Waals surface area contributed by atoms with Crippen LogP contribution in [0.25, 0.3) is 44.7 Å². The zero-order chi connectivity index (χ0) is 90.3. The van der Waals surface area contributed by atoms with Crippen LogP contribution in [0.15, 0.2) is 80.7 Å². The quantitative estimate of drug-likeness (QED) is 0.0248. The molecule has 0 amide bonds. The lowest BCUT2D eigenvalue weighted by molar-refractivity contribution is -0.0561. The maximum atomic E-state index is 13.4. The Labute approximate surface area is 743 Å². The standard InChI is InChI=1S/C62H80N24O29P6S6/c1-5-28-29(6-40(104-28)81-12-26(2)57(87)79-61(81)90)111-117(93,123)99-16-37-32(9-42(106-37)83-22-73-46-50(63)67-19-70-53(46)83)114-120(96,126)102-18-39-34(11-44(108-39)85-24-75-48-52(65)69-21-72-55(48)85)115-121(97,127)103-17-38-33(10-43(107-38)84-23-74-47-51(64)68-20-71-54(47)84)113-119(95,125)101-15-36-31(7-41(105-36)82-13-27(3)58(88)80-62(82)91)112-118(94,124)100-14-35-30(110-116(92,122)98-4)8-45(109-35)86-25-76-49-56(86)77-60(66)78-59(49)89/h12-13,19-25,28-45H,5-11,14-18H2,1-4H3,(H,92,122)(H,93,123)(H,94,124)(H,95,125)(H,96,126)(H,97,127)(H2,63,67,70)(H2,64,68,71)(H2,65,69,72)(H,79,87,90)(H,80,88,91)(H3,66,77,78,89)/t28-,29?,30?,31?,32?,33?,34?,35-,36-,37-,38-,39-,40-,41-,42-,43-,44-,45-,116?,117?,118?,119?,120?,121?/m1/s1. The molecule has 6 aliphatic heterocycles. The number of fused-ring (bicyclic) bond motifs is 4. The largest absolute Gasteiger partial charge is 0.382 e. The van der Waals surface area contributed by atoms with Crippen molar-refractivity contribution in [3.8, 4) is 0 Å². The third-order valence-electron chi connectivity index (χ3n) is 21.1. The summed E-state index contributed by atoms with van der Waals surface area (Å²) >= 11 is 33.5. The first-order valence-electron chi connectivity index (χ1n) is 38.1. The summed E-state index contributed by atoms with van der Waals surface area (Å²) in [6, 6.07) is 0. The Morgan fingerprint density at radius 2 is 0.646 bits per heavy atom. The number of nitrogens with one attached hydrogen (secondary N) is 3. The third-order valence-corrected chi connectivity index (χ3v) is 30.7. The van der Waals surface area contributed by atoms with Gasteiger partial charge in [0, 0.05) is 69.2 Å². The maximum absolute atomic E-state index is 13.4. The van der Waals surface area contributed by atoms with Crippen molar-refractivity contribution in [1.82, 2.24) is 97.2 Å². The van der Waals surface area contributed by atoms with Gasteiger partial charge in [-0.1, -0.05) is 6.92 Å². The van der Waals surface area contributed by atoms with Crippen LogP contribution in [0.1, 0.15) is 100 Å². The van der Waals surface area contributed by atoms with Crippen LogP contribution in [-0.2, 0) is 154 Å². The molecule has 127 heavy (non-hydrogen) atoms. The van der Waals surface area contributed by atoms with Gasteiger partial charge in [0.1, 0.15) is 103 Å². The zero-order valence-corrected chi connectivity index (χ0v) is 76.5. The lowest BCUT2D eigenvalue weighted by atomic mass is 10.1. The Morgan fingerprint density at radius 3 is 0.945 bits per heavy atom. The first-order chi connectivity index (χ1) is 60.2. The molecule has 53 nitrogen and oxygen atoms in total. The lowest BCUT2D eigenvalue weighted by Crippen LogP contribution is -2.33. The fourth-order valence-electron chi connectivity index (χ4n) is 15.1. The van der Waals surface area contributed by atoms with Crippen molar-refractivity contribution in [3.63, 3.8) is 0 Å². The highest BCUT2D eigenvalue weighted by atomic mass is 32.5. The number of anilines is 4. The van der Waals surface area contributed by atoms with Crippen LogP contribution in [0, 0.1) is 13.8 Å². The highest BCUT2D eigenvalue weighted by Crippen LogP contribution is 2.58. The summed E-state index contributed by atoms with van der Waals surface area (Å²) in [6.07, 6.45) is -9.97. The molecule has 6 aliphatic rings. The zero-order valence-electron chi connectivity index (χ0n) is 66.2. The summed E-state index contributed by atoms with van der Waals surface area (Å²) in [6.45, 7) is -25.0. The Kier molecular flexibility index (Phi) is 27.7. The van der Waals surface area contributed by atoms with E-state index in [-0.39, 0.29) is 118 Å². The summed E-state index contributed by atoms with van der Waals surface area (Å²) in [5.74, 6) is -0.126. The Bertz CT molecular complexity index is 6470. The minimum atomic E-state index is -4.63. The van der Waals surface area contributed by atoms with E-state index >= 15 is 0 Å². The van der Waals surface area contributed by atoms with E-state index in [0.717, 1.165) is 11.7 Å². The van der Waals surface area contributed by atoms with E-state index in [9.17, 15) is 53.3 Å². The van der Waals surface area contributed by atoms with Crippen molar-refractivity contribution in [2.75, 3.05) is 63.1 Å². The second-order valence-corrected chi connectivity index (χ2v) is 46.3. The van der Waals surface area contributed by atoms with Crippen molar-refractivity contribution >= 4 is 179 Å². The number of imidazole rings is 4. The van der Waals surface area contributed by atoms with Crippen LogP contribution in [0.3, 0.4) is 0 Å². The molecule has 0 radical (unpaired) electrons. The first kappa shape index (κ1) is 93.7. The minimum Gasteiger partial charge on any atom is -0.382 e. The second kappa shape index (κ2) is 37.5. The van der Waals surface area contributed by atoms with E-state index in [0.29, 0.717) is 6.42 Å². The van der Waals surface area contributed by atoms with Crippen molar-refractivity contribution in [3.05, 3.63) is 120 Å². The molecule has 0 spiro atoms. The molecule has 0 saturated carbocycles. The SMILES string of the molecule is CC[C@H]1O[C@@H](n2cc(C)c(=O)[nH]c2=O)CC1OP(O)(=S)OC[C@H]1O[C@@H](n2cnc3c(N)ncnc32)CC1OP(O)(=S)OC[C@H]1O[C@@H](n2cnc3c(N)ncnc32)CC1OP(O)(=S)OC[C@H]1O[C@@H](n2cnc3c(N)ncnc32)CC1OP(O)(=S)OC[C@H]1O[C@@H](n2cc(C)c(=O)[nH]c2=O)CC1OP(O)(=S)OC[C@H]1O[C@@H](n2cnc3c(=O)[nH]c(N)nc32)CC1OP(O)(=S)OC. The molecule has 17 N–H and O–H groups in total. The number of nitrogens with two attached hydrogens (primary N) is 4. The molecule has 65 heteroatoms. The Morgan fingerprint density at radius 1 is 0.378 bits per heavy atom. The van der Waals surface area contributed by atoms with Crippen molar-refractivity contribution in [2.45, 2.75) is 176 Å². The molecule has 10 aromatic rings. The molecule has 6 fully saturated rings. The number of H-pyrrole nitrogens is 3. The molecule has 688 valence electrons. The van der Waals surface area contributed by atoms with E-state index in [1.807, 2.05) is 0 Å². The van der Waals surface area contributed by atoms with Crippen molar-refractivity contribution in [1.29, 1.82) is 0 Å². The molecule has 6 saturated heterocycles. The predicted molar refractivity (Wildman–Crippen MR) is 460 cm³/mol. The van der Waals surface area contributed by atoms with E-state index in [4.69, 9.17) is 176 Å².